The molecule has 8 nitrogen and oxygen atoms in total. The van der Waals surface area contributed by atoms with Crippen LogP contribution in [-0.2, 0) is 0 Å². The van der Waals surface area contributed by atoms with E-state index in [1.54, 1.807) is 0 Å². The van der Waals surface area contributed by atoms with Gasteiger partial charge in [0.2, 0.25) is 0 Å². The number of pyridine rings is 2. The molecular weight excluding hydrogens is 414 g/mol. The van der Waals surface area contributed by atoms with Gasteiger partial charge in [0.25, 0.3) is 0 Å². The van der Waals surface area contributed by atoms with Gasteiger partial charge in [0.1, 0.15) is 11.6 Å². The Kier molecular flexibility index (Phi) is 4.46. The van der Waals surface area contributed by atoms with Gasteiger partial charge in [0.05, 0.1) is 29.9 Å². The van der Waals surface area contributed by atoms with Crippen LogP contribution in [0.1, 0.15) is 33.6 Å². The van der Waals surface area contributed by atoms with E-state index >= 15 is 0 Å². The van der Waals surface area contributed by atoms with E-state index in [1.807, 2.05) is 30.0 Å². The molecule has 0 amide bonds. The number of hydrogen-bond donors (Lipinski definition) is 2. The summed E-state index contributed by atoms with van der Waals surface area (Å²) < 4.78 is 7.69. The summed E-state index contributed by atoms with van der Waals surface area (Å²) in [6.45, 7) is 9.53. The molecule has 3 atom stereocenters. The van der Waals surface area contributed by atoms with E-state index in [1.165, 1.54) is 12.8 Å². The van der Waals surface area contributed by atoms with Gasteiger partial charge < -0.3 is 15.0 Å². The summed E-state index contributed by atoms with van der Waals surface area (Å²) in [7, 11) is 2.10. The quantitative estimate of drug-likeness (QED) is 0.485. The van der Waals surface area contributed by atoms with Gasteiger partial charge in [0, 0.05) is 36.0 Å². The van der Waals surface area contributed by atoms with E-state index in [0.29, 0.717) is 17.9 Å². The molecule has 2 N–H and O–H groups in total. The molecule has 0 radical (unpaired) electrons. The molecule has 0 spiro atoms. The molecule has 1 saturated heterocycles. The summed E-state index contributed by atoms with van der Waals surface area (Å²) in [5.74, 6) is 2.54. The van der Waals surface area contributed by atoms with Crippen LogP contribution in [-0.4, -0.2) is 57.1 Å². The van der Waals surface area contributed by atoms with Crippen molar-refractivity contribution in [2.75, 3.05) is 31.6 Å². The van der Waals surface area contributed by atoms with Crippen LogP contribution in [0.15, 0.2) is 36.8 Å². The Morgan fingerprint density at radius 1 is 1.27 bits per heavy atom. The van der Waals surface area contributed by atoms with Gasteiger partial charge in [0.15, 0.2) is 5.65 Å². The second-order valence-electron chi connectivity index (χ2n) is 10.3. The lowest BCUT2D eigenvalue weighted by Gasteiger charge is -2.30. The minimum absolute atomic E-state index is 0.253. The first-order valence-electron chi connectivity index (χ1n) is 11.8. The standard InChI is InChI=1S/C25H31N7O/c1-5-33-18-8-19(22-20-11-28-29-23(20)30-32(22)13-18)16-6-7-21(27-10-16)31-12-17-9-25(3,26-4)14-24(17,2)15-31/h6-8,10-11,13,17,26H,5,9,12,14-15H2,1-4H3,(H,29,30)/t17?,24?,25-/m1/s1. The highest BCUT2D eigenvalue weighted by molar-refractivity contribution is 6.00. The number of ether oxygens (including phenoxy) is 1. The van der Waals surface area contributed by atoms with E-state index in [0.717, 1.165) is 52.3 Å². The Morgan fingerprint density at radius 3 is 2.88 bits per heavy atom. The molecule has 2 fully saturated rings. The normalized spacial score (nSPS) is 27.0. The molecular formula is C25H31N7O. The van der Waals surface area contributed by atoms with Crippen molar-refractivity contribution >= 4 is 22.4 Å². The molecule has 4 aromatic heterocycles. The zero-order valence-electron chi connectivity index (χ0n) is 19.7. The molecule has 5 heterocycles. The zero-order valence-corrected chi connectivity index (χ0v) is 19.7. The summed E-state index contributed by atoms with van der Waals surface area (Å²) in [5.41, 5.74) is 4.44. The van der Waals surface area contributed by atoms with Gasteiger partial charge in [-0.25, -0.2) is 9.50 Å². The SMILES string of the molecule is CCOc1cc(-c2ccc(N3CC4C[C@@](C)(NC)CC4(C)C3)nc2)c2c3cn[nH]c3nn2c1. The van der Waals surface area contributed by atoms with Crippen LogP contribution in [0.5, 0.6) is 5.75 Å². The molecule has 0 aromatic carbocycles. The lowest BCUT2D eigenvalue weighted by Crippen LogP contribution is -2.40. The van der Waals surface area contributed by atoms with Crippen molar-refractivity contribution in [2.45, 2.75) is 39.2 Å². The molecule has 8 heteroatoms. The van der Waals surface area contributed by atoms with Crippen molar-refractivity contribution in [3.05, 3.63) is 36.8 Å². The van der Waals surface area contributed by atoms with Crippen molar-refractivity contribution in [1.82, 2.24) is 30.1 Å². The minimum atomic E-state index is 0.253. The van der Waals surface area contributed by atoms with E-state index in [-0.39, 0.29) is 5.54 Å². The predicted octanol–water partition coefficient (Wildman–Crippen LogP) is 3.89. The molecule has 1 aliphatic carbocycles. The third-order valence-corrected chi connectivity index (χ3v) is 7.87. The Morgan fingerprint density at radius 2 is 2.15 bits per heavy atom. The largest absolute Gasteiger partial charge is 0.492 e. The zero-order chi connectivity index (χ0) is 22.8. The molecule has 4 aromatic rings. The van der Waals surface area contributed by atoms with Crippen molar-refractivity contribution in [3.63, 3.8) is 0 Å². The third kappa shape index (κ3) is 3.19. The summed E-state index contributed by atoms with van der Waals surface area (Å²) in [6.07, 6.45) is 8.15. The number of aromatic amines is 1. The van der Waals surface area contributed by atoms with Crippen LogP contribution in [0.25, 0.3) is 27.7 Å². The summed E-state index contributed by atoms with van der Waals surface area (Å²) >= 11 is 0. The number of rotatable bonds is 5. The fraction of sp³-hybridized carbons (Fsp3) is 0.480. The Balaban J connectivity index is 1.33. The molecule has 172 valence electrons. The van der Waals surface area contributed by atoms with Crippen molar-refractivity contribution in [3.8, 4) is 16.9 Å². The number of nitrogens with one attached hydrogen (secondary N) is 2. The van der Waals surface area contributed by atoms with Crippen LogP contribution >= 0.6 is 0 Å². The fourth-order valence-electron chi connectivity index (χ4n) is 6.24. The maximum absolute atomic E-state index is 5.81. The molecule has 0 bridgehead atoms. The van der Waals surface area contributed by atoms with Crippen LogP contribution in [0, 0.1) is 11.3 Å². The molecule has 1 saturated carbocycles. The molecule has 2 unspecified atom stereocenters. The minimum Gasteiger partial charge on any atom is -0.492 e. The molecule has 6 rings (SSSR count). The number of hydrogen-bond acceptors (Lipinski definition) is 6. The lowest BCUT2D eigenvalue weighted by molar-refractivity contribution is 0.290. The third-order valence-electron chi connectivity index (χ3n) is 7.87. The number of fused-ring (bicyclic) bond motifs is 4. The number of nitrogens with zero attached hydrogens (tertiary/aromatic N) is 5. The van der Waals surface area contributed by atoms with E-state index in [2.05, 4.69) is 64.6 Å². The molecule has 1 aliphatic heterocycles. The highest BCUT2D eigenvalue weighted by atomic mass is 16.5. The van der Waals surface area contributed by atoms with E-state index < -0.39 is 0 Å². The number of anilines is 1. The fourth-order valence-corrected chi connectivity index (χ4v) is 6.24. The van der Waals surface area contributed by atoms with Gasteiger partial charge in [-0.2, -0.15) is 5.10 Å². The van der Waals surface area contributed by atoms with Gasteiger partial charge in [-0.3, -0.25) is 5.10 Å². The highest BCUT2D eigenvalue weighted by Gasteiger charge is 2.53. The summed E-state index contributed by atoms with van der Waals surface area (Å²) in [6, 6.07) is 6.40. The van der Waals surface area contributed by atoms with Crippen LogP contribution in [0.3, 0.4) is 0 Å². The average Bonchev–Trinajstić information content (AvgIpc) is 3.51. The topological polar surface area (TPSA) is 83.4 Å². The monoisotopic (exact) mass is 445 g/mol. The van der Waals surface area contributed by atoms with Gasteiger partial charge in [-0.05, 0) is 63.3 Å². The van der Waals surface area contributed by atoms with E-state index in [9.17, 15) is 0 Å². The first-order valence-corrected chi connectivity index (χ1v) is 11.8. The summed E-state index contributed by atoms with van der Waals surface area (Å²) in [4.78, 5) is 7.36. The van der Waals surface area contributed by atoms with Gasteiger partial charge in [-0.1, -0.05) is 6.92 Å². The summed E-state index contributed by atoms with van der Waals surface area (Å²) in [5, 5.41) is 16.3. The first kappa shape index (κ1) is 20.5. The van der Waals surface area contributed by atoms with Gasteiger partial charge >= 0.3 is 0 Å². The molecule has 33 heavy (non-hydrogen) atoms. The lowest BCUT2D eigenvalue weighted by atomic mass is 9.82. The Labute approximate surface area is 193 Å². The Hall–Kier alpha value is -3.13. The van der Waals surface area contributed by atoms with Crippen LogP contribution in [0.4, 0.5) is 5.82 Å². The van der Waals surface area contributed by atoms with Crippen molar-refractivity contribution in [1.29, 1.82) is 0 Å². The van der Waals surface area contributed by atoms with Crippen LogP contribution in [0.2, 0.25) is 0 Å². The van der Waals surface area contributed by atoms with Crippen LogP contribution < -0.4 is 15.0 Å². The predicted molar refractivity (Wildman–Crippen MR) is 130 cm³/mol. The maximum Gasteiger partial charge on any atom is 0.178 e. The second-order valence-corrected chi connectivity index (χ2v) is 10.3. The smallest absolute Gasteiger partial charge is 0.178 e. The second kappa shape index (κ2) is 7.18. The first-order chi connectivity index (χ1) is 15.9. The average molecular weight is 446 g/mol. The van der Waals surface area contributed by atoms with E-state index in [4.69, 9.17) is 9.72 Å². The van der Waals surface area contributed by atoms with Crippen molar-refractivity contribution < 1.29 is 4.74 Å². The maximum atomic E-state index is 5.81. The Bertz CT molecular complexity index is 1330. The van der Waals surface area contributed by atoms with Gasteiger partial charge in [-0.15, -0.1) is 5.10 Å². The molecule has 2 aliphatic rings. The number of H-pyrrole nitrogens is 1. The highest BCUT2D eigenvalue weighted by Crippen LogP contribution is 2.53. The van der Waals surface area contributed by atoms with Crippen molar-refractivity contribution in [2.24, 2.45) is 11.3 Å². The number of aromatic nitrogens is 5.